The molecule has 1 aliphatic heterocycles. The Balaban J connectivity index is 0.00000180. The van der Waals surface area contributed by atoms with E-state index in [9.17, 15) is 4.79 Å². The lowest BCUT2D eigenvalue weighted by Crippen LogP contribution is -2.50. The van der Waals surface area contributed by atoms with Crippen molar-refractivity contribution in [3.05, 3.63) is 16.1 Å². The van der Waals surface area contributed by atoms with Gasteiger partial charge in [-0.05, 0) is 20.4 Å². The SMILES string of the molecule is CC1(C)CN(C(=O)c2csc(CCN)n2)CCO1.Cl. The zero-order valence-corrected chi connectivity index (χ0v) is 12.9. The minimum atomic E-state index is -0.274. The third kappa shape index (κ3) is 4.14. The van der Waals surface area contributed by atoms with E-state index >= 15 is 0 Å². The second kappa shape index (κ2) is 6.65. The van der Waals surface area contributed by atoms with Crippen LogP contribution in [0.1, 0.15) is 29.3 Å². The first-order valence-corrected chi connectivity index (χ1v) is 6.97. The van der Waals surface area contributed by atoms with Crippen molar-refractivity contribution in [2.45, 2.75) is 25.9 Å². The maximum atomic E-state index is 12.3. The maximum absolute atomic E-state index is 12.3. The lowest BCUT2D eigenvalue weighted by molar-refractivity contribution is -0.0764. The zero-order valence-electron chi connectivity index (χ0n) is 11.2. The standard InChI is InChI=1S/C12H19N3O2S.ClH/c1-12(2)8-15(5-6-17-12)11(16)9-7-18-10(14-9)3-4-13;/h7H,3-6,8,13H2,1-2H3;1H. The highest BCUT2D eigenvalue weighted by atomic mass is 35.5. The van der Waals surface area contributed by atoms with Crippen LogP contribution < -0.4 is 5.73 Å². The average molecular weight is 306 g/mol. The smallest absolute Gasteiger partial charge is 0.273 e. The third-order valence-corrected chi connectivity index (χ3v) is 3.75. The van der Waals surface area contributed by atoms with Crippen LogP contribution in [0.4, 0.5) is 0 Å². The second-order valence-corrected chi connectivity index (χ2v) is 5.94. The second-order valence-electron chi connectivity index (χ2n) is 5.00. The van der Waals surface area contributed by atoms with Crippen LogP contribution in [-0.2, 0) is 11.2 Å². The highest BCUT2D eigenvalue weighted by Gasteiger charge is 2.31. The van der Waals surface area contributed by atoms with Gasteiger partial charge in [-0.25, -0.2) is 4.98 Å². The number of morpholine rings is 1. The van der Waals surface area contributed by atoms with Gasteiger partial charge in [0.05, 0.1) is 17.2 Å². The fourth-order valence-corrected chi connectivity index (χ4v) is 2.79. The van der Waals surface area contributed by atoms with Crippen LogP contribution in [0.25, 0.3) is 0 Å². The number of nitrogens with two attached hydrogens (primary N) is 1. The molecule has 0 radical (unpaired) electrons. The number of hydrogen-bond acceptors (Lipinski definition) is 5. The molecule has 2 N–H and O–H groups in total. The van der Waals surface area contributed by atoms with Crippen LogP contribution in [0.15, 0.2) is 5.38 Å². The molecule has 5 nitrogen and oxygen atoms in total. The monoisotopic (exact) mass is 305 g/mol. The van der Waals surface area contributed by atoms with Crippen LogP contribution in [0.5, 0.6) is 0 Å². The van der Waals surface area contributed by atoms with Crippen molar-refractivity contribution >= 4 is 29.7 Å². The predicted octanol–water partition coefficient (Wildman–Crippen LogP) is 1.32. The molecular weight excluding hydrogens is 286 g/mol. The molecule has 108 valence electrons. The molecule has 0 bridgehead atoms. The van der Waals surface area contributed by atoms with Gasteiger partial charge < -0.3 is 15.4 Å². The lowest BCUT2D eigenvalue weighted by atomic mass is 10.1. The highest BCUT2D eigenvalue weighted by molar-refractivity contribution is 7.09. The van der Waals surface area contributed by atoms with E-state index in [1.807, 2.05) is 24.1 Å². The minimum absolute atomic E-state index is 0. The summed E-state index contributed by atoms with van der Waals surface area (Å²) in [6.45, 7) is 6.37. The third-order valence-electron chi connectivity index (χ3n) is 2.84. The fraction of sp³-hybridized carbons (Fsp3) is 0.667. The number of carbonyl (C=O) groups excluding carboxylic acids is 1. The summed E-state index contributed by atoms with van der Waals surface area (Å²) in [6.07, 6.45) is 0.729. The Morgan fingerprint density at radius 2 is 2.37 bits per heavy atom. The summed E-state index contributed by atoms with van der Waals surface area (Å²) >= 11 is 1.50. The highest BCUT2D eigenvalue weighted by Crippen LogP contribution is 2.19. The molecule has 0 saturated carbocycles. The van der Waals surface area contributed by atoms with Crippen LogP contribution in [0, 0.1) is 0 Å². The molecule has 1 fully saturated rings. The van der Waals surface area contributed by atoms with Gasteiger partial charge in [0, 0.05) is 24.9 Å². The van der Waals surface area contributed by atoms with Crippen LogP contribution in [0.2, 0.25) is 0 Å². The molecular formula is C12H20ClN3O2S. The summed E-state index contributed by atoms with van der Waals surface area (Å²) in [5.74, 6) is -0.00843. The van der Waals surface area contributed by atoms with E-state index in [1.165, 1.54) is 11.3 Å². The first-order chi connectivity index (χ1) is 8.52. The summed E-state index contributed by atoms with van der Waals surface area (Å²) in [5.41, 5.74) is 5.73. The number of ether oxygens (including phenoxy) is 1. The number of thiazole rings is 1. The number of nitrogens with zero attached hydrogens (tertiary/aromatic N) is 2. The molecule has 1 aliphatic rings. The van der Waals surface area contributed by atoms with Crippen molar-refractivity contribution in [2.24, 2.45) is 5.73 Å². The summed E-state index contributed by atoms with van der Waals surface area (Å²) in [7, 11) is 0. The van der Waals surface area contributed by atoms with Gasteiger partial charge >= 0.3 is 0 Å². The number of halogens is 1. The summed E-state index contributed by atoms with van der Waals surface area (Å²) in [5, 5.41) is 2.74. The first-order valence-electron chi connectivity index (χ1n) is 6.09. The Bertz CT molecular complexity index is 436. The number of hydrogen-bond donors (Lipinski definition) is 1. The van der Waals surface area contributed by atoms with E-state index in [-0.39, 0.29) is 23.9 Å². The molecule has 0 atom stereocenters. The van der Waals surface area contributed by atoms with Crippen molar-refractivity contribution in [1.29, 1.82) is 0 Å². The Kier molecular flexibility index (Phi) is 5.73. The van der Waals surface area contributed by atoms with Gasteiger partial charge in [-0.2, -0.15) is 0 Å². The van der Waals surface area contributed by atoms with Crippen molar-refractivity contribution in [1.82, 2.24) is 9.88 Å². The van der Waals surface area contributed by atoms with Gasteiger partial charge in [-0.15, -0.1) is 23.7 Å². The minimum Gasteiger partial charge on any atom is -0.372 e. The van der Waals surface area contributed by atoms with Crippen molar-refractivity contribution in [3.63, 3.8) is 0 Å². The molecule has 0 aliphatic carbocycles. The average Bonchev–Trinajstić information content (AvgIpc) is 2.76. The van der Waals surface area contributed by atoms with Crippen molar-refractivity contribution in [2.75, 3.05) is 26.2 Å². The molecule has 1 aromatic rings. The number of amides is 1. The van der Waals surface area contributed by atoms with E-state index < -0.39 is 0 Å². The molecule has 2 rings (SSSR count). The molecule has 0 unspecified atom stereocenters. The maximum Gasteiger partial charge on any atom is 0.273 e. The van der Waals surface area contributed by atoms with Gasteiger partial charge in [-0.3, -0.25) is 4.79 Å². The van der Waals surface area contributed by atoms with Gasteiger partial charge in [0.1, 0.15) is 5.69 Å². The van der Waals surface area contributed by atoms with Crippen molar-refractivity contribution < 1.29 is 9.53 Å². The molecule has 7 heteroatoms. The Labute approximate surface area is 123 Å². The fourth-order valence-electron chi connectivity index (χ4n) is 2.00. The topological polar surface area (TPSA) is 68.5 Å². The Morgan fingerprint density at radius 1 is 1.63 bits per heavy atom. The molecule has 0 aromatic carbocycles. The summed E-state index contributed by atoms with van der Waals surface area (Å²) in [4.78, 5) is 18.4. The van der Waals surface area contributed by atoms with Crippen LogP contribution in [-0.4, -0.2) is 47.6 Å². The molecule has 1 amide bonds. The molecule has 2 heterocycles. The van der Waals surface area contributed by atoms with Gasteiger partial charge in [0.25, 0.3) is 5.91 Å². The van der Waals surface area contributed by atoms with E-state index in [0.29, 0.717) is 31.9 Å². The first kappa shape index (κ1) is 16.4. The summed E-state index contributed by atoms with van der Waals surface area (Å²) < 4.78 is 5.60. The van der Waals surface area contributed by atoms with E-state index in [4.69, 9.17) is 10.5 Å². The quantitative estimate of drug-likeness (QED) is 0.914. The van der Waals surface area contributed by atoms with Gasteiger partial charge in [0.2, 0.25) is 0 Å². The van der Waals surface area contributed by atoms with E-state index in [2.05, 4.69) is 4.98 Å². The number of rotatable bonds is 3. The summed E-state index contributed by atoms with van der Waals surface area (Å²) in [6, 6.07) is 0. The van der Waals surface area contributed by atoms with Gasteiger partial charge in [-0.1, -0.05) is 0 Å². The van der Waals surface area contributed by atoms with E-state index in [0.717, 1.165) is 11.4 Å². The molecule has 1 aromatic heterocycles. The normalized spacial score (nSPS) is 17.9. The number of aromatic nitrogens is 1. The van der Waals surface area contributed by atoms with Crippen LogP contribution >= 0.6 is 23.7 Å². The predicted molar refractivity (Wildman–Crippen MR) is 78.1 cm³/mol. The Morgan fingerprint density at radius 3 is 3.00 bits per heavy atom. The molecule has 0 spiro atoms. The van der Waals surface area contributed by atoms with Gasteiger partial charge in [0.15, 0.2) is 0 Å². The number of carbonyl (C=O) groups is 1. The Hall–Kier alpha value is -0.690. The van der Waals surface area contributed by atoms with Crippen LogP contribution in [0.3, 0.4) is 0 Å². The van der Waals surface area contributed by atoms with Crippen molar-refractivity contribution in [3.8, 4) is 0 Å². The zero-order chi connectivity index (χ0) is 13.2. The largest absolute Gasteiger partial charge is 0.372 e. The lowest BCUT2D eigenvalue weighted by Gasteiger charge is -2.37. The van der Waals surface area contributed by atoms with E-state index in [1.54, 1.807) is 0 Å². The molecule has 1 saturated heterocycles. The molecule has 19 heavy (non-hydrogen) atoms.